The van der Waals surface area contributed by atoms with Crippen molar-refractivity contribution in [3.8, 4) is 5.69 Å². The maximum absolute atomic E-state index is 12.9. The first kappa shape index (κ1) is 14.9. The zero-order chi connectivity index (χ0) is 17.1. The number of likely N-dealkylation sites (tertiary alicyclic amines) is 1. The predicted molar refractivity (Wildman–Crippen MR) is 90.9 cm³/mol. The highest BCUT2D eigenvalue weighted by atomic mass is 16.5. The van der Waals surface area contributed by atoms with Crippen molar-refractivity contribution in [2.24, 2.45) is 11.8 Å². The van der Waals surface area contributed by atoms with E-state index in [0.717, 1.165) is 24.1 Å². The van der Waals surface area contributed by atoms with Crippen LogP contribution in [0, 0.1) is 11.8 Å². The van der Waals surface area contributed by atoms with Crippen LogP contribution in [-0.2, 0) is 14.3 Å². The van der Waals surface area contributed by atoms with Gasteiger partial charge < -0.3 is 9.30 Å². The number of hydrogen-bond acceptors (Lipinski definition) is 3. The summed E-state index contributed by atoms with van der Waals surface area (Å²) in [6, 6.07) is 11.7. The molecule has 3 fully saturated rings. The van der Waals surface area contributed by atoms with Gasteiger partial charge in [-0.25, -0.2) is 0 Å². The van der Waals surface area contributed by atoms with Gasteiger partial charge in [0.1, 0.15) is 0 Å². The molecule has 1 aromatic carbocycles. The number of carbonyl (C=O) groups is 2. The SMILES string of the molecule is C[C@@H](c1ccc(-n2cccc2)cc1)N1C(=O)[C@@H]2[C@H](C1=O)[C@H]1CC[C@H]2O1. The fourth-order valence-corrected chi connectivity index (χ4v) is 4.70. The Labute approximate surface area is 146 Å². The second-order valence-electron chi connectivity index (χ2n) is 7.25. The predicted octanol–water partition coefficient (Wildman–Crippen LogP) is 2.70. The molecule has 3 saturated heterocycles. The molecule has 0 aliphatic carbocycles. The van der Waals surface area contributed by atoms with Gasteiger partial charge in [-0.15, -0.1) is 0 Å². The molecule has 3 aliphatic rings. The number of fused-ring (bicyclic) bond motifs is 5. The van der Waals surface area contributed by atoms with Crippen molar-refractivity contribution in [2.75, 3.05) is 0 Å². The topological polar surface area (TPSA) is 51.5 Å². The average molecular weight is 336 g/mol. The van der Waals surface area contributed by atoms with Crippen LogP contribution in [0.1, 0.15) is 31.4 Å². The van der Waals surface area contributed by atoms with E-state index in [4.69, 9.17) is 4.74 Å². The molecular weight excluding hydrogens is 316 g/mol. The van der Waals surface area contributed by atoms with E-state index in [0.29, 0.717) is 0 Å². The molecule has 3 aliphatic heterocycles. The zero-order valence-corrected chi connectivity index (χ0v) is 14.0. The van der Waals surface area contributed by atoms with Gasteiger partial charge in [0.25, 0.3) is 0 Å². The van der Waals surface area contributed by atoms with Crippen LogP contribution in [0.4, 0.5) is 0 Å². The Morgan fingerprint density at radius 1 is 0.960 bits per heavy atom. The summed E-state index contributed by atoms with van der Waals surface area (Å²) < 4.78 is 7.83. The van der Waals surface area contributed by atoms with Gasteiger partial charge in [-0.1, -0.05) is 12.1 Å². The summed E-state index contributed by atoms with van der Waals surface area (Å²) in [5.41, 5.74) is 2.04. The summed E-state index contributed by atoms with van der Waals surface area (Å²) >= 11 is 0. The number of amides is 2. The molecule has 5 nitrogen and oxygen atoms in total. The highest BCUT2D eigenvalue weighted by molar-refractivity contribution is 6.06. The molecule has 0 saturated carbocycles. The first-order valence-electron chi connectivity index (χ1n) is 8.91. The maximum atomic E-state index is 12.9. The van der Waals surface area contributed by atoms with E-state index in [1.54, 1.807) is 0 Å². The third kappa shape index (κ3) is 2.05. The van der Waals surface area contributed by atoms with Crippen molar-refractivity contribution in [3.63, 3.8) is 0 Å². The lowest BCUT2D eigenvalue weighted by atomic mass is 9.81. The normalized spacial score (nSPS) is 31.6. The number of ether oxygens (including phenoxy) is 1. The molecule has 25 heavy (non-hydrogen) atoms. The number of benzene rings is 1. The van der Waals surface area contributed by atoms with Gasteiger partial charge in [-0.2, -0.15) is 0 Å². The van der Waals surface area contributed by atoms with E-state index < -0.39 is 0 Å². The van der Waals surface area contributed by atoms with Crippen molar-refractivity contribution in [2.45, 2.75) is 38.0 Å². The maximum Gasteiger partial charge on any atom is 0.236 e. The molecule has 1 aromatic heterocycles. The fourth-order valence-electron chi connectivity index (χ4n) is 4.70. The molecule has 2 aromatic rings. The van der Waals surface area contributed by atoms with Gasteiger partial charge >= 0.3 is 0 Å². The minimum atomic E-state index is -0.257. The summed E-state index contributed by atoms with van der Waals surface area (Å²) in [6.07, 6.45) is 5.67. The molecule has 4 heterocycles. The summed E-state index contributed by atoms with van der Waals surface area (Å²) in [4.78, 5) is 27.2. The number of aromatic nitrogens is 1. The molecule has 5 atom stereocenters. The monoisotopic (exact) mass is 336 g/mol. The van der Waals surface area contributed by atoms with E-state index in [9.17, 15) is 9.59 Å². The van der Waals surface area contributed by atoms with Crippen LogP contribution in [0.5, 0.6) is 0 Å². The summed E-state index contributed by atoms with van der Waals surface area (Å²) in [7, 11) is 0. The molecule has 2 bridgehead atoms. The number of nitrogens with zero attached hydrogens (tertiary/aromatic N) is 2. The van der Waals surface area contributed by atoms with Crippen LogP contribution in [0.2, 0.25) is 0 Å². The van der Waals surface area contributed by atoms with Gasteiger partial charge in [0.2, 0.25) is 11.8 Å². The first-order valence-corrected chi connectivity index (χ1v) is 8.91. The Morgan fingerprint density at radius 3 is 2.08 bits per heavy atom. The van der Waals surface area contributed by atoms with Gasteiger partial charge in [0, 0.05) is 18.1 Å². The lowest BCUT2D eigenvalue weighted by molar-refractivity contribution is -0.145. The van der Waals surface area contributed by atoms with Crippen LogP contribution in [-0.4, -0.2) is 33.5 Å². The summed E-state index contributed by atoms with van der Waals surface area (Å²) in [6.45, 7) is 1.93. The smallest absolute Gasteiger partial charge is 0.236 e. The molecule has 0 unspecified atom stereocenters. The van der Waals surface area contributed by atoms with Crippen molar-refractivity contribution in [3.05, 3.63) is 54.4 Å². The lowest BCUT2D eigenvalue weighted by Gasteiger charge is -2.25. The molecule has 0 N–H and O–H groups in total. The Balaban J connectivity index is 1.42. The minimum absolute atomic E-state index is 0.0517. The zero-order valence-electron chi connectivity index (χ0n) is 14.0. The number of carbonyl (C=O) groups excluding carboxylic acids is 2. The van der Waals surface area contributed by atoms with Crippen molar-refractivity contribution in [1.29, 1.82) is 0 Å². The van der Waals surface area contributed by atoms with E-state index in [-0.39, 0.29) is 41.9 Å². The second-order valence-corrected chi connectivity index (χ2v) is 7.25. The third-order valence-electron chi connectivity index (χ3n) is 5.98. The number of imide groups is 1. The Bertz CT molecular complexity index is 799. The van der Waals surface area contributed by atoms with Gasteiger partial charge in [0.05, 0.1) is 30.1 Å². The van der Waals surface area contributed by atoms with Crippen molar-refractivity contribution >= 4 is 11.8 Å². The van der Waals surface area contributed by atoms with Gasteiger partial charge in [0.15, 0.2) is 0 Å². The largest absolute Gasteiger partial charge is 0.373 e. The Kier molecular flexibility index (Phi) is 3.16. The Hall–Kier alpha value is -2.40. The summed E-state index contributed by atoms with van der Waals surface area (Å²) in [5, 5.41) is 0. The molecule has 0 spiro atoms. The molecular formula is C20H20N2O3. The highest BCUT2D eigenvalue weighted by Crippen LogP contribution is 2.50. The molecule has 5 rings (SSSR count). The quantitative estimate of drug-likeness (QED) is 0.810. The van der Waals surface area contributed by atoms with Crippen LogP contribution >= 0.6 is 0 Å². The highest BCUT2D eigenvalue weighted by Gasteiger charge is 2.63. The van der Waals surface area contributed by atoms with Crippen LogP contribution in [0.25, 0.3) is 5.69 Å². The molecule has 128 valence electrons. The lowest BCUT2D eigenvalue weighted by Crippen LogP contribution is -2.36. The first-order chi connectivity index (χ1) is 12.1. The van der Waals surface area contributed by atoms with E-state index in [1.807, 2.05) is 60.3 Å². The fraction of sp³-hybridized carbons (Fsp3) is 0.400. The van der Waals surface area contributed by atoms with Gasteiger partial charge in [-0.05, 0) is 49.6 Å². The minimum Gasteiger partial charge on any atom is -0.373 e. The number of rotatable bonds is 3. The standard InChI is InChI=1S/C20H20N2O3/c1-12(13-4-6-14(7-5-13)21-10-2-3-11-21)22-19(23)17-15-8-9-16(25-15)18(17)20(22)24/h2-7,10-12,15-18H,8-9H2,1H3/t12-,15+,16+,17-,18+/m0/s1. The molecule has 2 amide bonds. The second kappa shape index (κ2) is 5.30. The van der Waals surface area contributed by atoms with E-state index in [1.165, 1.54) is 4.90 Å². The van der Waals surface area contributed by atoms with Crippen LogP contribution in [0.15, 0.2) is 48.8 Å². The van der Waals surface area contributed by atoms with E-state index in [2.05, 4.69) is 0 Å². The van der Waals surface area contributed by atoms with Crippen molar-refractivity contribution < 1.29 is 14.3 Å². The van der Waals surface area contributed by atoms with Gasteiger partial charge in [-0.3, -0.25) is 14.5 Å². The Morgan fingerprint density at radius 2 is 1.52 bits per heavy atom. The van der Waals surface area contributed by atoms with Crippen LogP contribution in [0.3, 0.4) is 0 Å². The number of hydrogen-bond donors (Lipinski definition) is 0. The van der Waals surface area contributed by atoms with E-state index >= 15 is 0 Å². The van der Waals surface area contributed by atoms with Crippen LogP contribution < -0.4 is 0 Å². The third-order valence-corrected chi connectivity index (χ3v) is 5.98. The molecule has 0 radical (unpaired) electrons. The summed E-state index contributed by atoms with van der Waals surface area (Å²) in [5.74, 6) is -0.617. The molecule has 5 heteroatoms. The van der Waals surface area contributed by atoms with Crippen molar-refractivity contribution in [1.82, 2.24) is 9.47 Å². The average Bonchev–Trinajstić information content (AvgIpc) is 3.39.